The molecular formula is C17H24N2O. The highest BCUT2D eigenvalue weighted by atomic mass is 16.2. The van der Waals surface area contributed by atoms with Gasteiger partial charge in [-0.2, -0.15) is 0 Å². The highest BCUT2D eigenvalue weighted by molar-refractivity contribution is 6.00. The van der Waals surface area contributed by atoms with Crippen molar-refractivity contribution in [2.24, 2.45) is 0 Å². The predicted octanol–water partition coefficient (Wildman–Crippen LogP) is 2.67. The van der Waals surface area contributed by atoms with Crippen LogP contribution in [0.1, 0.15) is 44.2 Å². The monoisotopic (exact) mass is 272 g/mol. The number of nitrogens with one attached hydrogen (secondary N) is 1. The van der Waals surface area contributed by atoms with Gasteiger partial charge in [0.15, 0.2) is 0 Å². The van der Waals surface area contributed by atoms with Crippen molar-refractivity contribution >= 4 is 11.6 Å². The fourth-order valence-electron chi connectivity index (χ4n) is 3.15. The lowest BCUT2D eigenvalue weighted by atomic mass is 10.0. The van der Waals surface area contributed by atoms with Crippen LogP contribution in [0, 0.1) is 0 Å². The minimum atomic E-state index is 0.0390. The standard InChI is InChI=1S/C17H24N2O/c1-3-12-6-5-7-13(4-2)16(12)19-11-10-15(17(19)20)18-14-8-9-14/h5-7,14-15,18H,3-4,8-11H2,1-2H3. The average molecular weight is 272 g/mol. The summed E-state index contributed by atoms with van der Waals surface area (Å²) < 4.78 is 0. The number of anilines is 1. The highest BCUT2D eigenvalue weighted by Gasteiger charge is 2.37. The maximum atomic E-state index is 12.7. The van der Waals surface area contributed by atoms with Crippen LogP contribution < -0.4 is 10.2 Å². The van der Waals surface area contributed by atoms with E-state index >= 15 is 0 Å². The molecule has 0 bridgehead atoms. The van der Waals surface area contributed by atoms with E-state index in [2.05, 4.69) is 37.4 Å². The van der Waals surface area contributed by atoms with E-state index in [9.17, 15) is 4.79 Å². The largest absolute Gasteiger partial charge is 0.310 e. The number of carbonyl (C=O) groups is 1. The summed E-state index contributed by atoms with van der Waals surface area (Å²) in [4.78, 5) is 14.7. The molecule has 1 unspecified atom stereocenters. The van der Waals surface area contributed by atoms with Crippen LogP contribution in [-0.2, 0) is 17.6 Å². The third kappa shape index (κ3) is 2.47. The predicted molar refractivity (Wildman–Crippen MR) is 82.1 cm³/mol. The van der Waals surface area contributed by atoms with Crippen LogP contribution in [-0.4, -0.2) is 24.5 Å². The summed E-state index contributed by atoms with van der Waals surface area (Å²) in [7, 11) is 0. The van der Waals surface area contributed by atoms with E-state index in [0.29, 0.717) is 6.04 Å². The van der Waals surface area contributed by atoms with Gasteiger partial charge in [0.1, 0.15) is 0 Å². The molecule has 108 valence electrons. The molecule has 3 nitrogen and oxygen atoms in total. The van der Waals surface area contributed by atoms with Crippen molar-refractivity contribution in [2.75, 3.05) is 11.4 Å². The molecule has 1 N–H and O–H groups in total. The molecule has 1 saturated carbocycles. The Kier molecular flexibility index (Phi) is 3.79. The number of nitrogens with zero attached hydrogens (tertiary/aromatic N) is 1. The van der Waals surface area contributed by atoms with Crippen LogP contribution in [0.4, 0.5) is 5.69 Å². The molecule has 1 saturated heterocycles. The SMILES string of the molecule is CCc1cccc(CC)c1N1CCC(NC2CC2)C1=O. The first kappa shape index (κ1) is 13.6. The first-order valence-corrected chi connectivity index (χ1v) is 7.92. The number of amides is 1. The third-order valence-corrected chi connectivity index (χ3v) is 4.45. The first-order valence-electron chi connectivity index (χ1n) is 7.92. The van der Waals surface area contributed by atoms with Crippen LogP contribution in [0.2, 0.25) is 0 Å². The van der Waals surface area contributed by atoms with Gasteiger partial charge in [0.25, 0.3) is 0 Å². The summed E-state index contributed by atoms with van der Waals surface area (Å²) in [5, 5.41) is 3.49. The van der Waals surface area contributed by atoms with Crippen LogP contribution in [0.15, 0.2) is 18.2 Å². The molecule has 2 aliphatic rings. The molecule has 2 fully saturated rings. The van der Waals surface area contributed by atoms with Crippen molar-refractivity contribution in [3.63, 3.8) is 0 Å². The summed E-state index contributed by atoms with van der Waals surface area (Å²) in [6, 6.07) is 7.06. The van der Waals surface area contributed by atoms with Crippen molar-refractivity contribution in [3.05, 3.63) is 29.3 Å². The molecule has 3 heteroatoms. The number of carbonyl (C=O) groups excluding carboxylic acids is 1. The van der Waals surface area contributed by atoms with Gasteiger partial charge in [-0.05, 0) is 43.2 Å². The first-order chi connectivity index (χ1) is 9.74. The Morgan fingerprint density at radius 3 is 2.35 bits per heavy atom. The molecule has 1 amide bonds. The van der Waals surface area contributed by atoms with E-state index < -0.39 is 0 Å². The topological polar surface area (TPSA) is 32.3 Å². The Morgan fingerprint density at radius 2 is 1.80 bits per heavy atom. The second-order valence-corrected chi connectivity index (χ2v) is 5.90. The number of hydrogen-bond donors (Lipinski definition) is 1. The fourth-order valence-corrected chi connectivity index (χ4v) is 3.15. The molecule has 1 heterocycles. The zero-order valence-corrected chi connectivity index (χ0v) is 12.5. The molecule has 20 heavy (non-hydrogen) atoms. The zero-order valence-electron chi connectivity index (χ0n) is 12.5. The van der Waals surface area contributed by atoms with Gasteiger partial charge >= 0.3 is 0 Å². The van der Waals surface area contributed by atoms with Crippen LogP contribution in [0.5, 0.6) is 0 Å². The molecule has 1 aliphatic carbocycles. The lowest BCUT2D eigenvalue weighted by molar-refractivity contribution is -0.118. The van der Waals surface area contributed by atoms with Crippen LogP contribution in [0.3, 0.4) is 0 Å². The highest BCUT2D eigenvalue weighted by Crippen LogP contribution is 2.31. The molecule has 0 aromatic heterocycles. The van der Waals surface area contributed by atoms with Crippen molar-refractivity contribution in [1.29, 1.82) is 0 Å². The van der Waals surface area contributed by atoms with Gasteiger partial charge in [-0.3, -0.25) is 4.79 Å². The molecule has 1 aromatic rings. The van der Waals surface area contributed by atoms with Crippen molar-refractivity contribution in [2.45, 2.75) is 58.0 Å². The Bertz CT molecular complexity index is 485. The van der Waals surface area contributed by atoms with Gasteiger partial charge in [0.05, 0.1) is 11.7 Å². The number of rotatable bonds is 5. The normalized spacial score (nSPS) is 22.6. The van der Waals surface area contributed by atoms with E-state index in [1.54, 1.807) is 0 Å². The van der Waals surface area contributed by atoms with Gasteiger partial charge in [-0.15, -0.1) is 0 Å². The van der Waals surface area contributed by atoms with Gasteiger partial charge in [-0.1, -0.05) is 32.0 Å². The van der Waals surface area contributed by atoms with Gasteiger partial charge in [0, 0.05) is 12.6 Å². The third-order valence-electron chi connectivity index (χ3n) is 4.45. The lowest BCUT2D eigenvalue weighted by Gasteiger charge is -2.23. The Morgan fingerprint density at radius 1 is 1.15 bits per heavy atom. The van der Waals surface area contributed by atoms with Crippen molar-refractivity contribution in [1.82, 2.24) is 5.32 Å². The second-order valence-electron chi connectivity index (χ2n) is 5.90. The van der Waals surface area contributed by atoms with E-state index in [4.69, 9.17) is 0 Å². The summed E-state index contributed by atoms with van der Waals surface area (Å²) in [6.07, 6.45) is 5.36. The minimum absolute atomic E-state index is 0.0390. The summed E-state index contributed by atoms with van der Waals surface area (Å²) in [5.74, 6) is 0.271. The maximum Gasteiger partial charge on any atom is 0.244 e. The van der Waals surface area contributed by atoms with Crippen molar-refractivity contribution in [3.8, 4) is 0 Å². The molecular weight excluding hydrogens is 248 g/mol. The molecule has 1 atom stereocenters. The zero-order chi connectivity index (χ0) is 14.1. The van der Waals surface area contributed by atoms with E-state index in [-0.39, 0.29) is 11.9 Å². The van der Waals surface area contributed by atoms with Crippen LogP contribution in [0.25, 0.3) is 0 Å². The maximum absolute atomic E-state index is 12.7. The summed E-state index contributed by atoms with van der Waals surface area (Å²) in [5.41, 5.74) is 3.78. The summed E-state index contributed by atoms with van der Waals surface area (Å²) >= 11 is 0. The lowest BCUT2D eigenvalue weighted by Crippen LogP contribution is -2.39. The molecule has 0 radical (unpaired) electrons. The second kappa shape index (κ2) is 5.57. The minimum Gasteiger partial charge on any atom is -0.310 e. The summed E-state index contributed by atoms with van der Waals surface area (Å²) in [6.45, 7) is 5.19. The smallest absolute Gasteiger partial charge is 0.244 e. The van der Waals surface area contributed by atoms with Gasteiger partial charge in [-0.25, -0.2) is 0 Å². The van der Waals surface area contributed by atoms with E-state index in [0.717, 1.165) is 25.8 Å². The molecule has 0 spiro atoms. The van der Waals surface area contributed by atoms with Gasteiger partial charge < -0.3 is 10.2 Å². The van der Waals surface area contributed by atoms with Gasteiger partial charge in [0.2, 0.25) is 5.91 Å². The number of benzene rings is 1. The Hall–Kier alpha value is -1.35. The Labute approximate surface area is 121 Å². The molecule has 3 rings (SSSR count). The molecule has 1 aromatic carbocycles. The number of aryl methyl sites for hydroxylation is 2. The van der Waals surface area contributed by atoms with E-state index in [1.165, 1.54) is 29.7 Å². The average Bonchev–Trinajstić information content (AvgIpc) is 3.23. The Balaban J connectivity index is 1.87. The number of hydrogen-bond acceptors (Lipinski definition) is 2. The van der Waals surface area contributed by atoms with E-state index in [1.807, 2.05) is 4.90 Å². The molecule has 1 aliphatic heterocycles. The van der Waals surface area contributed by atoms with Crippen molar-refractivity contribution < 1.29 is 4.79 Å². The fraction of sp³-hybridized carbons (Fsp3) is 0.588. The van der Waals surface area contributed by atoms with Crippen LogP contribution >= 0.6 is 0 Å². The number of para-hydroxylation sites is 1. The quantitative estimate of drug-likeness (QED) is 0.894.